The topological polar surface area (TPSA) is 114 Å². The predicted octanol–water partition coefficient (Wildman–Crippen LogP) is 4.16. The zero-order valence-corrected chi connectivity index (χ0v) is 15.7. The number of hydrogen-bond donors (Lipinski definition) is 3. The number of amides is 1. The molecule has 1 atom stereocenters. The van der Waals surface area contributed by atoms with Crippen molar-refractivity contribution < 1.29 is 27.6 Å². The van der Waals surface area contributed by atoms with Gasteiger partial charge in [-0.05, 0) is 36.4 Å². The zero-order chi connectivity index (χ0) is 22.2. The minimum Gasteiger partial charge on any atom is -0.380 e. The Balaban J connectivity index is 1.56. The highest BCUT2D eigenvalue weighted by Gasteiger charge is 2.30. The summed E-state index contributed by atoms with van der Waals surface area (Å²) < 4.78 is 43.9. The fourth-order valence-electron chi connectivity index (χ4n) is 3.00. The van der Waals surface area contributed by atoms with Gasteiger partial charge in [-0.2, -0.15) is 13.2 Å². The van der Waals surface area contributed by atoms with Crippen molar-refractivity contribution in [2.24, 2.45) is 0 Å². The smallest absolute Gasteiger partial charge is 0.380 e. The molecule has 4 N–H and O–H groups in total. The minimum absolute atomic E-state index is 0.0163. The third-order valence-corrected chi connectivity index (χ3v) is 4.55. The van der Waals surface area contributed by atoms with Crippen LogP contribution in [0.4, 0.5) is 24.7 Å². The van der Waals surface area contributed by atoms with Crippen molar-refractivity contribution in [2.45, 2.75) is 12.3 Å². The van der Waals surface area contributed by atoms with Crippen molar-refractivity contribution in [1.29, 1.82) is 0 Å². The Kier molecular flexibility index (Phi) is 5.07. The number of benzene rings is 2. The highest BCUT2D eigenvalue weighted by Crippen LogP contribution is 2.32. The summed E-state index contributed by atoms with van der Waals surface area (Å²) in [6, 6.07) is 13.7. The SMILES string of the molecule is Nc1noc2cc(NC(=O)C(O)c3cccc(-c4cccc(C(F)(F)F)c4)n3)ccc12. The number of nitrogen functional groups attached to an aromatic ring is 1. The van der Waals surface area contributed by atoms with Crippen molar-refractivity contribution in [1.82, 2.24) is 10.1 Å². The van der Waals surface area contributed by atoms with Gasteiger partial charge < -0.3 is 20.7 Å². The average Bonchev–Trinajstić information content (AvgIpc) is 3.13. The van der Waals surface area contributed by atoms with Crippen LogP contribution in [-0.2, 0) is 11.0 Å². The molecule has 2 heterocycles. The van der Waals surface area contributed by atoms with E-state index in [-0.39, 0.29) is 22.8 Å². The van der Waals surface area contributed by atoms with Crippen LogP contribution in [0.3, 0.4) is 0 Å². The fraction of sp³-hybridized carbons (Fsp3) is 0.0952. The van der Waals surface area contributed by atoms with Crippen molar-refractivity contribution >= 4 is 28.4 Å². The Labute approximate surface area is 173 Å². The number of hydrogen-bond acceptors (Lipinski definition) is 6. The molecule has 0 aliphatic heterocycles. The summed E-state index contributed by atoms with van der Waals surface area (Å²) in [7, 11) is 0. The molecular formula is C21H15F3N4O3. The number of carbonyl (C=O) groups is 1. The predicted molar refractivity (Wildman–Crippen MR) is 107 cm³/mol. The molecule has 4 rings (SSSR count). The first-order valence-electron chi connectivity index (χ1n) is 9.01. The summed E-state index contributed by atoms with van der Waals surface area (Å²) in [5.41, 5.74) is 5.89. The molecule has 0 radical (unpaired) electrons. The second-order valence-corrected chi connectivity index (χ2v) is 6.70. The molecule has 0 spiro atoms. The van der Waals surface area contributed by atoms with Crippen LogP contribution >= 0.6 is 0 Å². The maximum Gasteiger partial charge on any atom is 0.416 e. The monoisotopic (exact) mass is 428 g/mol. The molecule has 0 aliphatic rings. The van der Waals surface area contributed by atoms with Crippen LogP contribution in [0.2, 0.25) is 0 Å². The van der Waals surface area contributed by atoms with E-state index >= 15 is 0 Å². The van der Waals surface area contributed by atoms with Gasteiger partial charge in [0.1, 0.15) is 0 Å². The van der Waals surface area contributed by atoms with E-state index < -0.39 is 23.8 Å². The summed E-state index contributed by atoms with van der Waals surface area (Å²) in [5, 5.41) is 17.1. The lowest BCUT2D eigenvalue weighted by molar-refractivity contribution is -0.137. The largest absolute Gasteiger partial charge is 0.416 e. The molecule has 2 aromatic carbocycles. The number of nitrogens with zero attached hydrogens (tertiary/aromatic N) is 2. The van der Waals surface area contributed by atoms with Crippen molar-refractivity contribution in [3.05, 3.63) is 71.9 Å². The van der Waals surface area contributed by atoms with Crippen LogP contribution in [-0.4, -0.2) is 21.2 Å². The normalized spacial score (nSPS) is 12.6. The molecule has 10 heteroatoms. The maximum absolute atomic E-state index is 13.0. The number of anilines is 2. The highest BCUT2D eigenvalue weighted by atomic mass is 19.4. The van der Waals surface area contributed by atoms with E-state index in [1.54, 1.807) is 12.1 Å². The molecule has 0 saturated carbocycles. The van der Waals surface area contributed by atoms with Crippen molar-refractivity contribution in [2.75, 3.05) is 11.1 Å². The van der Waals surface area contributed by atoms with Crippen LogP contribution in [0.15, 0.2) is 65.2 Å². The zero-order valence-electron chi connectivity index (χ0n) is 15.7. The van der Waals surface area contributed by atoms with E-state index in [1.807, 2.05) is 0 Å². The summed E-state index contributed by atoms with van der Waals surface area (Å²) >= 11 is 0. The molecule has 4 aromatic rings. The summed E-state index contributed by atoms with van der Waals surface area (Å²) in [6.45, 7) is 0. The van der Waals surface area contributed by atoms with Gasteiger partial charge in [0.2, 0.25) is 0 Å². The second-order valence-electron chi connectivity index (χ2n) is 6.70. The fourth-order valence-corrected chi connectivity index (χ4v) is 3.00. The summed E-state index contributed by atoms with van der Waals surface area (Å²) in [6.07, 6.45) is -6.15. The lowest BCUT2D eigenvalue weighted by Gasteiger charge is -2.13. The van der Waals surface area contributed by atoms with Gasteiger partial charge >= 0.3 is 6.18 Å². The molecule has 0 fully saturated rings. The first kappa shape index (κ1) is 20.4. The van der Waals surface area contributed by atoms with Gasteiger partial charge in [0.25, 0.3) is 5.91 Å². The molecule has 2 aromatic heterocycles. The van der Waals surface area contributed by atoms with E-state index in [9.17, 15) is 23.1 Å². The Morgan fingerprint density at radius 1 is 1.10 bits per heavy atom. The number of pyridine rings is 1. The minimum atomic E-state index is -4.50. The second kappa shape index (κ2) is 7.73. The van der Waals surface area contributed by atoms with Crippen molar-refractivity contribution in [3.63, 3.8) is 0 Å². The number of aromatic nitrogens is 2. The first-order valence-corrected chi connectivity index (χ1v) is 9.01. The lowest BCUT2D eigenvalue weighted by Crippen LogP contribution is -2.21. The van der Waals surface area contributed by atoms with Crippen LogP contribution in [0, 0.1) is 0 Å². The number of fused-ring (bicyclic) bond motifs is 1. The van der Waals surface area contributed by atoms with Crippen LogP contribution in [0.5, 0.6) is 0 Å². The van der Waals surface area contributed by atoms with Gasteiger partial charge in [-0.3, -0.25) is 4.79 Å². The molecule has 0 aliphatic carbocycles. The van der Waals surface area contributed by atoms with Crippen molar-refractivity contribution in [3.8, 4) is 11.3 Å². The number of nitrogens with two attached hydrogens (primary N) is 1. The first-order chi connectivity index (χ1) is 14.7. The number of halogens is 3. The van der Waals surface area contributed by atoms with Gasteiger partial charge in [0.05, 0.1) is 22.3 Å². The number of nitrogens with one attached hydrogen (secondary N) is 1. The van der Waals surface area contributed by atoms with E-state index in [0.717, 1.165) is 12.1 Å². The molecular weight excluding hydrogens is 413 g/mol. The molecule has 1 amide bonds. The van der Waals surface area contributed by atoms with E-state index in [0.29, 0.717) is 16.7 Å². The quantitative estimate of drug-likeness (QED) is 0.450. The average molecular weight is 428 g/mol. The Morgan fingerprint density at radius 3 is 2.65 bits per heavy atom. The number of aliphatic hydroxyl groups excluding tert-OH is 1. The molecule has 31 heavy (non-hydrogen) atoms. The van der Waals surface area contributed by atoms with E-state index in [1.165, 1.54) is 36.4 Å². The maximum atomic E-state index is 13.0. The van der Waals surface area contributed by atoms with Gasteiger partial charge in [-0.15, -0.1) is 0 Å². The van der Waals surface area contributed by atoms with Gasteiger partial charge in [-0.25, -0.2) is 4.98 Å². The number of rotatable bonds is 4. The molecule has 0 saturated heterocycles. The standard InChI is InChI=1S/C21H15F3N4O3/c22-21(23,24)12-4-1-3-11(9-12)15-5-2-6-16(27-15)18(29)20(30)26-13-7-8-14-17(10-13)31-28-19(14)25/h1-10,18,29H,(H2,25,28)(H,26,30). The number of aliphatic hydroxyl groups is 1. The Hall–Kier alpha value is -3.92. The van der Waals surface area contributed by atoms with Gasteiger partial charge in [-0.1, -0.05) is 23.4 Å². The van der Waals surface area contributed by atoms with Crippen LogP contribution in [0.1, 0.15) is 17.4 Å². The number of alkyl halides is 3. The summed E-state index contributed by atoms with van der Waals surface area (Å²) in [4.78, 5) is 16.6. The van der Waals surface area contributed by atoms with Gasteiger partial charge in [0.15, 0.2) is 17.5 Å². The number of carbonyl (C=O) groups excluding carboxylic acids is 1. The third kappa shape index (κ3) is 4.19. The molecule has 1 unspecified atom stereocenters. The lowest BCUT2D eigenvalue weighted by atomic mass is 10.1. The summed E-state index contributed by atoms with van der Waals surface area (Å²) in [5.74, 6) is -0.566. The Morgan fingerprint density at radius 2 is 1.87 bits per heavy atom. The molecule has 0 bridgehead atoms. The highest BCUT2D eigenvalue weighted by molar-refractivity contribution is 5.97. The third-order valence-electron chi connectivity index (χ3n) is 4.55. The van der Waals surface area contributed by atoms with E-state index in [2.05, 4.69) is 15.5 Å². The van der Waals surface area contributed by atoms with Gasteiger partial charge in [0, 0.05) is 17.3 Å². The molecule has 158 valence electrons. The molecule has 7 nitrogen and oxygen atoms in total. The van der Waals surface area contributed by atoms with E-state index in [4.69, 9.17) is 10.3 Å². The van der Waals surface area contributed by atoms with Crippen LogP contribution in [0.25, 0.3) is 22.2 Å². The van der Waals surface area contributed by atoms with Crippen LogP contribution < -0.4 is 11.1 Å². The Bertz CT molecular complexity index is 1270.